The van der Waals surface area contributed by atoms with Crippen molar-refractivity contribution in [2.45, 2.75) is 6.54 Å². The number of nitrogens with zero attached hydrogens (tertiary/aromatic N) is 1. The molecule has 0 fully saturated rings. The topological polar surface area (TPSA) is 41.6 Å². The quantitative estimate of drug-likeness (QED) is 0.559. The molecule has 112 valence electrons. The first-order valence-corrected chi connectivity index (χ1v) is 6.40. The van der Waals surface area contributed by atoms with E-state index in [1.165, 1.54) is 0 Å². The van der Waals surface area contributed by atoms with Crippen LogP contribution in [0.4, 0.5) is 0 Å². The van der Waals surface area contributed by atoms with E-state index in [1.54, 1.807) is 18.1 Å². The van der Waals surface area contributed by atoms with Crippen molar-refractivity contribution in [1.82, 2.24) is 10.2 Å². The minimum Gasteiger partial charge on any atom is -0.383 e. The molecule has 0 atom stereocenters. The summed E-state index contributed by atoms with van der Waals surface area (Å²) in [5.74, 6) is 0.0693. The Kier molecular flexibility index (Phi) is 10.7. The highest BCUT2D eigenvalue weighted by Crippen LogP contribution is 2.04. The Bertz CT molecular complexity index is 385. The molecule has 0 unspecified atom stereocenters. The van der Waals surface area contributed by atoms with Crippen LogP contribution >= 0.6 is 12.4 Å². The number of benzene rings is 1. The molecule has 1 aromatic carbocycles. The second-order valence-corrected chi connectivity index (χ2v) is 4.22. The van der Waals surface area contributed by atoms with Crippen LogP contribution in [-0.4, -0.2) is 44.2 Å². The Labute approximate surface area is 127 Å². The van der Waals surface area contributed by atoms with E-state index in [2.05, 4.69) is 11.9 Å². The number of nitrogens with one attached hydrogen (secondary N) is 1. The number of halogens is 1. The largest absolute Gasteiger partial charge is 0.383 e. The summed E-state index contributed by atoms with van der Waals surface area (Å²) in [6.07, 6.45) is 1.75. The van der Waals surface area contributed by atoms with Gasteiger partial charge in [0, 0.05) is 26.7 Å². The molecular weight excluding hydrogens is 276 g/mol. The fourth-order valence-corrected chi connectivity index (χ4v) is 1.70. The highest BCUT2D eigenvalue weighted by Gasteiger charge is 2.11. The third kappa shape index (κ3) is 7.28. The molecule has 0 heterocycles. The molecule has 1 amide bonds. The molecule has 0 aliphatic heterocycles. The van der Waals surface area contributed by atoms with E-state index in [4.69, 9.17) is 4.74 Å². The molecule has 0 saturated carbocycles. The van der Waals surface area contributed by atoms with Gasteiger partial charge < -0.3 is 15.0 Å². The van der Waals surface area contributed by atoms with Crippen molar-refractivity contribution in [3.05, 3.63) is 48.6 Å². The number of amides is 1. The van der Waals surface area contributed by atoms with Crippen molar-refractivity contribution in [3.8, 4) is 0 Å². The van der Waals surface area contributed by atoms with Crippen molar-refractivity contribution in [3.63, 3.8) is 0 Å². The van der Waals surface area contributed by atoms with Crippen molar-refractivity contribution in [2.75, 3.05) is 33.4 Å². The van der Waals surface area contributed by atoms with Gasteiger partial charge in [-0.15, -0.1) is 19.0 Å². The van der Waals surface area contributed by atoms with E-state index < -0.39 is 0 Å². The first-order valence-electron chi connectivity index (χ1n) is 6.40. The van der Waals surface area contributed by atoms with Crippen LogP contribution in [0.5, 0.6) is 0 Å². The average molecular weight is 299 g/mol. The van der Waals surface area contributed by atoms with Crippen molar-refractivity contribution in [2.24, 2.45) is 0 Å². The maximum Gasteiger partial charge on any atom is 0.237 e. The third-order valence-corrected chi connectivity index (χ3v) is 2.68. The molecule has 4 nitrogen and oxygen atoms in total. The maximum absolute atomic E-state index is 12.1. The van der Waals surface area contributed by atoms with E-state index in [1.807, 2.05) is 30.3 Å². The van der Waals surface area contributed by atoms with Crippen LogP contribution in [0.2, 0.25) is 0 Å². The van der Waals surface area contributed by atoms with Gasteiger partial charge in [-0.25, -0.2) is 0 Å². The highest BCUT2D eigenvalue weighted by molar-refractivity contribution is 5.85. The summed E-state index contributed by atoms with van der Waals surface area (Å²) in [5.41, 5.74) is 1.12. The molecule has 0 aromatic heterocycles. The molecule has 0 aliphatic rings. The van der Waals surface area contributed by atoms with Gasteiger partial charge in [0.1, 0.15) is 0 Å². The van der Waals surface area contributed by atoms with Crippen molar-refractivity contribution >= 4 is 18.3 Å². The van der Waals surface area contributed by atoms with Crippen LogP contribution in [0.3, 0.4) is 0 Å². The van der Waals surface area contributed by atoms with Gasteiger partial charge in [-0.2, -0.15) is 0 Å². The second-order valence-electron chi connectivity index (χ2n) is 4.22. The van der Waals surface area contributed by atoms with E-state index in [0.717, 1.165) is 5.56 Å². The van der Waals surface area contributed by atoms with Gasteiger partial charge in [-0.1, -0.05) is 36.4 Å². The summed E-state index contributed by atoms with van der Waals surface area (Å²) in [6, 6.07) is 9.95. The predicted octanol–water partition coefficient (Wildman–Crippen LogP) is 1.86. The minimum atomic E-state index is 0. The first-order chi connectivity index (χ1) is 9.27. The zero-order chi connectivity index (χ0) is 13.9. The van der Waals surface area contributed by atoms with E-state index in [9.17, 15) is 4.79 Å². The summed E-state index contributed by atoms with van der Waals surface area (Å²) in [4.78, 5) is 13.9. The normalized spacial score (nSPS) is 9.65. The lowest BCUT2D eigenvalue weighted by Crippen LogP contribution is -2.38. The SMILES string of the molecule is C=CCN(Cc1ccccc1)C(=O)CNCCOC.Cl. The van der Waals surface area contributed by atoms with Crippen LogP contribution in [0.25, 0.3) is 0 Å². The number of carbonyl (C=O) groups is 1. The number of rotatable bonds is 9. The third-order valence-electron chi connectivity index (χ3n) is 2.68. The molecule has 20 heavy (non-hydrogen) atoms. The van der Waals surface area contributed by atoms with Crippen LogP contribution in [0.15, 0.2) is 43.0 Å². The Morgan fingerprint density at radius 3 is 2.70 bits per heavy atom. The molecule has 5 heteroatoms. The standard InChI is InChI=1S/C15H22N2O2.ClH/c1-3-10-17(13-14-7-5-4-6-8-14)15(18)12-16-9-11-19-2;/h3-8,16H,1,9-13H2,2H3;1H. The monoisotopic (exact) mass is 298 g/mol. The number of hydrogen-bond donors (Lipinski definition) is 1. The van der Waals surface area contributed by atoms with Gasteiger partial charge >= 0.3 is 0 Å². The molecule has 1 N–H and O–H groups in total. The summed E-state index contributed by atoms with van der Waals surface area (Å²) in [5, 5.41) is 3.06. The zero-order valence-electron chi connectivity index (χ0n) is 11.9. The summed E-state index contributed by atoms with van der Waals surface area (Å²) in [6.45, 7) is 6.47. The lowest BCUT2D eigenvalue weighted by atomic mass is 10.2. The van der Waals surface area contributed by atoms with Crippen LogP contribution in [0, 0.1) is 0 Å². The molecule has 0 bridgehead atoms. The van der Waals surface area contributed by atoms with Gasteiger partial charge in [0.05, 0.1) is 13.2 Å². The van der Waals surface area contributed by atoms with Gasteiger partial charge in [0.25, 0.3) is 0 Å². The Hall–Kier alpha value is -1.36. The average Bonchev–Trinajstić information content (AvgIpc) is 2.44. The predicted molar refractivity (Wildman–Crippen MR) is 84.0 cm³/mol. The lowest BCUT2D eigenvalue weighted by Gasteiger charge is -2.21. The summed E-state index contributed by atoms with van der Waals surface area (Å²) in [7, 11) is 1.64. The molecule has 0 saturated heterocycles. The van der Waals surface area contributed by atoms with Crippen molar-refractivity contribution < 1.29 is 9.53 Å². The number of hydrogen-bond acceptors (Lipinski definition) is 3. The van der Waals surface area contributed by atoms with Gasteiger partial charge in [-0.05, 0) is 5.56 Å². The number of ether oxygens (including phenoxy) is 1. The maximum atomic E-state index is 12.1. The molecule has 1 aromatic rings. The Morgan fingerprint density at radius 2 is 2.10 bits per heavy atom. The van der Waals surface area contributed by atoms with Crippen LogP contribution in [-0.2, 0) is 16.1 Å². The molecule has 0 aliphatic carbocycles. The van der Waals surface area contributed by atoms with Gasteiger partial charge in [-0.3, -0.25) is 4.79 Å². The molecule has 1 rings (SSSR count). The fourth-order valence-electron chi connectivity index (χ4n) is 1.70. The Morgan fingerprint density at radius 1 is 1.40 bits per heavy atom. The van der Waals surface area contributed by atoms with E-state index >= 15 is 0 Å². The lowest BCUT2D eigenvalue weighted by molar-refractivity contribution is -0.130. The highest BCUT2D eigenvalue weighted by atomic mass is 35.5. The molecular formula is C15H23ClN2O2. The summed E-state index contributed by atoms with van der Waals surface area (Å²) >= 11 is 0. The van der Waals surface area contributed by atoms with Crippen LogP contribution in [0.1, 0.15) is 5.56 Å². The molecule has 0 radical (unpaired) electrons. The number of carbonyl (C=O) groups excluding carboxylic acids is 1. The van der Waals surface area contributed by atoms with E-state index in [-0.39, 0.29) is 18.3 Å². The minimum absolute atomic E-state index is 0. The smallest absolute Gasteiger partial charge is 0.237 e. The molecule has 0 spiro atoms. The first kappa shape index (κ1) is 18.6. The van der Waals surface area contributed by atoms with Crippen LogP contribution < -0.4 is 5.32 Å². The number of methoxy groups -OCH3 is 1. The van der Waals surface area contributed by atoms with Crippen molar-refractivity contribution in [1.29, 1.82) is 0 Å². The Balaban J connectivity index is 0.00000361. The second kappa shape index (κ2) is 11.5. The van der Waals surface area contributed by atoms with E-state index in [0.29, 0.717) is 32.8 Å². The van der Waals surface area contributed by atoms with Gasteiger partial charge in [0.2, 0.25) is 5.91 Å². The zero-order valence-corrected chi connectivity index (χ0v) is 12.7. The van der Waals surface area contributed by atoms with Gasteiger partial charge in [0.15, 0.2) is 0 Å². The fraction of sp³-hybridized carbons (Fsp3) is 0.400. The summed E-state index contributed by atoms with van der Waals surface area (Å²) < 4.78 is 4.92.